The van der Waals surface area contributed by atoms with Gasteiger partial charge in [0.25, 0.3) is 5.91 Å². The number of unbranched alkanes of at least 4 members (excludes halogenated alkanes) is 6. The normalized spacial score (nSPS) is 18.4. The highest BCUT2D eigenvalue weighted by Gasteiger charge is 2.54. The van der Waals surface area contributed by atoms with Crippen molar-refractivity contribution in [2.75, 3.05) is 32.0 Å². The van der Waals surface area contributed by atoms with Crippen molar-refractivity contribution in [3.05, 3.63) is 105 Å². The third kappa shape index (κ3) is 16.3. The number of nitrogens with one attached hydrogen (secondary N) is 4. The second-order valence-electron chi connectivity index (χ2n) is 18.6. The maximum Gasteiger partial charge on any atom is 0.490 e. The summed E-state index contributed by atoms with van der Waals surface area (Å²) >= 11 is 0. The lowest BCUT2D eigenvalue weighted by molar-refractivity contribution is -0.123. The minimum atomic E-state index is -5.80. The number of phenolic OH excluding ortho intramolecular Hbond substituents is 2. The number of aromatic nitrogens is 2. The molecule has 4 aromatic rings. The van der Waals surface area contributed by atoms with Crippen LogP contribution in [0.1, 0.15) is 127 Å². The average molecular weight is 1160 g/mol. The molecule has 428 valence electrons. The molecule has 28 nitrogen and oxygen atoms in total. The Kier molecular flexibility index (Phi) is 19.9. The van der Waals surface area contributed by atoms with E-state index in [2.05, 4.69) is 34.9 Å². The maximum absolute atomic E-state index is 13.4. The molecule has 3 aliphatic rings. The first-order chi connectivity index (χ1) is 37.4. The average Bonchev–Trinajstić information content (AvgIpc) is 4.15. The van der Waals surface area contributed by atoms with E-state index in [1.807, 2.05) is 0 Å². The molecule has 3 aromatic carbocycles. The Hall–Kier alpha value is -6.54. The van der Waals surface area contributed by atoms with Gasteiger partial charge in [-0.05, 0) is 81.0 Å². The number of nitrogen functional groups attached to an aromatic ring is 1. The molecule has 1 fully saturated rings. The smallest absolute Gasteiger partial charge is 0.490 e. The summed E-state index contributed by atoms with van der Waals surface area (Å²) in [7, 11) is -17.0. The lowest BCUT2D eigenvalue weighted by Gasteiger charge is -2.36. The number of nitrogens with zero attached hydrogens (tertiary/aromatic N) is 2. The number of phosphoric ester groups is 1. The van der Waals surface area contributed by atoms with Crippen LogP contribution >= 0.6 is 23.5 Å². The zero-order chi connectivity index (χ0) is 57.1. The van der Waals surface area contributed by atoms with Crippen LogP contribution in [0, 0.1) is 0 Å². The van der Waals surface area contributed by atoms with Crippen molar-refractivity contribution in [3.63, 3.8) is 0 Å². The molecule has 2 unspecified atom stereocenters. The van der Waals surface area contributed by atoms with Crippen LogP contribution in [-0.4, -0.2) is 107 Å². The number of phenols is 2. The number of fused-ring (bicyclic) bond motifs is 6. The zero-order valence-corrected chi connectivity index (χ0v) is 44.9. The Balaban J connectivity index is 0.721. The summed E-state index contributed by atoms with van der Waals surface area (Å²) in [5.74, 6) is -1.49. The number of nitrogens with two attached hydrogens (primary N) is 1. The van der Waals surface area contributed by atoms with Crippen molar-refractivity contribution in [2.45, 2.75) is 107 Å². The maximum atomic E-state index is 13.4. The van der Waals surface area contributed by atoms with Crippen molar-refractivity contribution in [1.29, 1.82) is 0 Å². The number of aromatic hydroxyl groups is 2. The fraction of sp³-hybridized carbons (Fsp3) is 0.438. The molecule has 5 atom stereocenters. The van der Waals surface area contributed by atoms with E-state index in [0.717, 1.165) is 4.57 Å². The van der Waals surface area contributed by atoms with Gasteiger partial charge in [0.15, 0.2) is 5.60 Å². The molecule has 31 heteroatoms. The number of phosphoric acid groups is 3. The van der Waals surface area contributed by atoms with Crippen LogP contribution in [0.2, 0.25) is 0 Å². The van der Waals surface area contributed by atoms with Crippen LogP contribution in [0.25, 0.3) is 0 Å². The Bertz CT molecular complexity index is 3090. The van der Waals surface area contributed by atoms with Gasteiger partial charge in [-0.2, -0.15) is 13.6 Å². The highest BCUT2D eigenvalue weighted by atomic mass is 31.3. The fourth-order valence-electron chi connectivity index (χ4n) is 9.15. The Morgan fingerprint density at radius 2 is 1.25 bits per heavy atom. The number of rotatable bonds is 28. The number of carbonyl (C=O) groups excluding carboxylic acids is 5. The van der Waals surface area contributed by atoms with Gasteiger partial charge in [-0.25, -0.2) is 23.3 Å². The minimum Gasteiger partial charge on any atom is -0.508 e. The number of benzene rings is 3. The first kappa shape index (κ1) is 60.1. The Morgan fingerprint density at radius 3 is 1.82 bits per heavy atom. The zero-order valence-electron chi connectivity index (χ0n) is 42.2. The van der Waals surface area contributed by atoms with Gasteiger partial charge in [0.1, 0.15) is 41.1 Å². The van der Waals surface area contributed by atoms with Crippen LogP contribution in [0.4, 0.5) is 5.82 Å². The van der Waals surface area contributed by atoms with E-state index in [-0.39, 0.29) is 76.9 Å². The predicted octanol–water partition coefficient (Wildman–Crippen LogP) is 4.26. The topological polar surface area (TPSA) is 422 Å². The number of anilines is 1. The van der Waals surface area contributed by atoms with E-state index in [4.69, 9.17) is 34.3 Å². The molecule has 12 N–H and O–H groups in total. The monoisotopic (exact) mass is 1160 g/mol. The van der Waals surface area contributed by atoms with Gasteiger partial charge >= 0.3 is 35.1 Å². The molecule has 0 saturated carbocycles. The first-order valence-corrected chi connectivity index (χ1v) is 29.6. The van der Waals surface area contributed by atoms with Crippen LogP contribution < -0.4 is 37.4 Å². The molecule has 7 rings (SSSR count). The third-order valence-electron chi connectivity index (χ3n) is 12.8. The number of hydrogen-bond donors (Lipinski definition) is 11. The number of esters is 1. The summed E-state index contributed by atoms with van der Waals surface area (Å²) in [5.41, 5.74) is 5.16. The molecule has 4 heterocycles. The molecular formula is C48H60N7O21P3. The Morgan fingerprint density at radius 1 is 0.696 bits per heavy atom. The second kappa shape index (κ2) is 26.2. The van der Waals surface area contributed by atoms with Gasteiger partial charge < -0.3 is 71.0 Å². The molecule has 3 aliphatic heterocycles. The molecular weight excluding hydrogens is 1100 g/mol. The summed E-state index contributed by atoms with van der Waals surface area (Å²) < 4.78 is 66.1. The van der Waals surface area contributed by atoms with Gasteiger partial charge in [-0.1, -0.05) is 25.3 Å². The van der Waals surface area contributed by atoms with E-state index >= 15 is 0 Å². The summed E-state index contributed by atoms with van der Waals surface area (Å²) in [4.78, 5) is 117. The molecule has 1 saturated heterocycles. The quantitative estimate of drug-likeness (QED) is 0.0215. The fourth-order valence-corrected chi connectivity index (χ4v) is 12.2. The highest BCUT2D eigenvalue weighted by Crippen LogP contribution is 2.66. The lowest BCUT2D eigenvalue weighted by atomic mass is 9.77. The van der Waals surface area contributed by atoms with Crippen LogP contribution in [-0.2, 0) is 56.3 Å². The predicted molar refractivity (Wildman–Crippen MR) is 275 cm³/mol. The van der Waals surface area contributed by atoms with E-state index in [1.165, 1.54) is 42.6 Å². The van der Waals surface area contributed by atoms with E-state index < -0.39 is 71.6 Å². The molecule has 1 spiro atoms. The minimum absolute atomic E-state index is 0.0215. The standard InChI is InChI=1S/C48H60N7O21P3/c49-40-19-23-55(47(63)54-40)44-27-36(39(73-44)28-71-78(67,68)76-79(69,70)75-77(64,65)66)53-43(60)12-6-3-8-21-51-41(58)10-4-1-7-20-50-42(59)11-5-2-9-22-52-45(61)29-13-16-33-32(24-29)46(62)74-48(33)34-17-14-30(56)25-37(34)72-38-26-31(57)15-18-35(38)48/h13-19,23-26,36,39,44,56-57H,1-12,20-22,27-28H2,(H,50,59)(H,51,58)(H,52,61)(H,53,60)(H,67,68)(H,69,70)(H2,49,54,63)(H2,64,65,66)/t36-,39+,44+/m0/s1. The largest absolute Gasteiger partial charge is 0.508 e. The summed E-state index contributed by atoms with van der Waals surface area (Å²) in [6, 6.07) is 14.0. The highest BCUT2D eigenvalue weighted by molar-refractivity contribution is 7.66. The van der Waals surface area contributed by atoms with E-state index in [0.29, 0.717) is 101 Å². The van der Waals surface area contributed by atoms with Crippen molar-refractivity contribution in [3.8, 4) is 23.0 Å². The van der Waals surface area contributed by atoms with Crippen LogP contribution in [0.5, 0.6) is 23.0 Å². The van der Waals surface area contributed by atoms with Gasteiger partial charge in [0.05, 0.1) is 18.2 Å². The third-order valence-corrected chi connectivity index (χ3v) is 16.6. The van der Waals surface area contributed by atoms with Crippen LogP contribution in [0.3, 0.4) is 0 Å². The Labute approximate surface area is 450 Å². The van der Waals surface area contributed by atoms with Gasteiger partial charge in [0, 0.05) is 85.9 Å². The van der Waals surface area contributed by atoms with Crippen molar-refractivity contribution in [2.24, 2.45) is 0 Å². The van der Waals surface area contributed by atoms with Gasteiger partial charge in [0.2, 0.25) is 17.7 Å². The molecule has 0 bridgehead atoms. The summed E-state index contributed by atoms with van der Waals surface area (Å²) in [6.45, 7) is 0.284. The summed E-state index contributed by atoms with van der Waals surface area (Å²) in [6.07, 6.45) is 4.89. The molecule has 79 heavy (non-hydrogen) atoms. The molecule has 0 aliphatic carbocycles. The molecule has 1 aromatic heterocycles. The van der Waals surface area contributed by atoms with Crippen molar-refractivity contribution in [1.82, 2.24) is 30.8 Å². The lowest BCUT2D eigenvalue weighted by Crippen LogP contribution is -2.42. The number of carbonyl (C=O) groups is 5. The summed E-state index contributed by atoms with van der Waals surface area (Å²) in [5, 5.41) is 31.6. The SMILES string of the molecule is Nc1ccn([C@H]2C[C@H](NC(=O)CCCCCNC(=O)CCCCCNC(=O)CCCCCNC(=O)c3ccc4c(c3)C(=O)OC43c4ccc(O)cc4Oc4cc(O)ccc43)[C@@H](COP(=O)(O)OP(=O)(O)OP(=O)(O)O)O2)c(=O)n1. The molecule has 0 radical (unpaired) electrons. The van der Waals surface area contributed by atoms with E-state index in [1.54, 1.807) is 24.3 Å². The van der Waals surface area contributed by atoms with Crippen molar-refractivity contribution >= 4 is 58.9 Å². The number of hydrogen-bond acceptors (Lipinski definition) is 19. The van der Waals surface area contributed by atoms with E-state index in [9.17, 15) is 62.5 Å². The van der Waals surface area contributed by atoms with Crippen molar-refractivity contribution < 1.29 is 94.8 Å². The number of amides is 4. The van der Waals surface area contributed by atoms with Gasteiger partial charge in [-0.3, -0.25) is 28.3 Å². The molecule has 4 amide bonds. The first-order valence-electron chi connectivity index (χ1n) is 25.0. The van der Waals surface area contributed by atoms with Crippen LogP contribution in [0.15, 0.2) is 71.7 Å². The number of ether oxygens (including phenoxy) is 3. The second-order valence-corrected chi connectivity index (χ2v) is 23.1. The van der Waals surface area contributed by atoms with Gasteiger partial charge in [-0.15, -0.1) is 0 Å².